The van der Waals surface area contributed by atoms with E-state index < -0.39 is 17.4 Å². The van der Waals surface area contributed by atoms with Crippen molar-refractivity contribution in [2.75, 3.05) is 6.79 Å². The van der Waals surface area contributed by atoms with Crippen LogP contribution in [-0.2, 0) is 24.3 Å². The Morgan fingerprint density at radius 2 is 1.81 bits per heavy atom. The molecule has 2 aromatic carbocycles. The summed E-state index contributed by atoms with van der Waals surface area (Å²) in [6.45, 7) is 2.78. The number of nitrogens with zero attached hydrogens (tertiary/aromatic N) is 2. The van der Waals surface area contributed by atoms with E-state index >= 15 is 0 Å². The lowest BCUT2D eigenvalue weighted by Crippen LogP contribution is -2.48. The zero-order valence-corrected chi connectivity index (χ0v) is 20.3. The number of carbonyl (C=O) groups excluding carboxylic acids is 2. The van der Waals surface area contributed by atoms with Crippen LogP contribution in [-0.4, -0.2) is 34.2 Å². The average molecular weight is 499 g/mol. The van der Waals surface area contributed by atoms with Crippen LogP contribution in [0.15, 0.2) is 78.0 Å². The van der Waals surface area contributed by atoms with Crippen LogP contribution in [0.5, 0.6) is 11.5 Å². The Labute approximate surface area is 213 Å². The van der Waals surface area contributed by atoms with Crippen molar-refractivity contribution in [1.29, 1.82) is 0 Å². The molecule has 9 nitrogen and oxygen atoms in total. The topological polar surface area (TPSA) is 112 Å². The van der Waals surface area contributed by atoms with Gasteiger partial charge in [0.05, 0.1) is 10.9 Å². The van der Waals surface area contributed by atoms with E-state index in [0.29, 0.717) is 28.9 Å². The molecule has 0 saturated heterocycles. The number of hydrogen-bond acceptors (Lipinski definition) is 6. The lowest BCUT2D eigenvalue weighted by atomic mass is 10.0. The van der Waals surface area contributed by atoms with Crippen molar-refractivity contribution in [3.63, 3.8) is 0 Å². The number of aryl methyl sites for hydroxylation is 1. The molecule has 1 aliphatic heterocycles. The van der Waals surface area contributed by atoms with Gasteiger partial charge < -0.3 is 24.7 Å². The van der Waals surface area contributed by atoms with E-state index in [1.54, 1.807) is 30.6 Å². The summed E-state index contributed by atoms with van der Waals surface area (Å²) < 4.78 is 12.7. The average Bonchev–Trinajstić information content (AvgIpc) is 3.39. The van der Waals surface area contributed by atoms with Gasteiger partial charge in [-0.15, -0.1) is 0 Å². The van der Waals surface area contributed by atoms with Crippen molar-refractivity contribution in [1.82, 2.24) is 20.2 Å². The monoisotopic (exact) mass is 498 g/mol. The first-order chi connectivity index (χ1) is 18.0. The highest BCUT2D eigenvalue weighted by atomic mass is 16.7. The maximum absolute atomic E-state index is 13.4. The molecule has 0 bridgehead atoms. The van der Waals surface area contributed by atoms with Gasteiger partial charge in [0.15, 0.2) is 11.5 Å². The van der Waals surface area contributed by atoms with Crippen LogP contribution in [0.25, 0.3) is 10.9 Å². The molecule has 37 heavy (non-hydrogen) atoms. The van der Waals surface area contributed by atoms with Crippen molar-refractivity contribution >= 4 is 22.7 Å². The van der Waals surface area contributed by atoms with E-state index in [4.69, 9.17) is 9.47 Å². The smallest absolute Gasteiger partial charge is 0.257 e. The molecule has 1 atom stereocenters. The number of fused-ring (bicyclic) bond motifs is 2. The molecular formula is C28H26N4O5. The molecule has 2 N–H and O–H groups in total. The SMILES string of the molecule is CCn1cc(C(=O)NC(Cc2ccccc2)C(=O)NCc2cccnc2)c(=O)c2cc3c(cc21)OCO3. The molecular weight excluding hydrogens is 472 g/mol. The number of benzene rings is 2. The van der Waals surface area contributed by atoms with Crippen LogP contribution in [0.2, 0.25) is 0 Å². The Balaban J connectivity index is 1.44. The Hall–Kier alpha value is -4.66. The maximum atomic E-state index is 13.4. The largest absolute Gasteiger partial charge is 0.454 e. The van der Waals surface area contributed by atoms with Crippen molar-refractivity contribution in [3.8, 4) is 11.5 Å². The van der Waals surface area contributed by atoms with E-state index in [0.717, 1.165) is 11.1 Å². The van der Waals surface area contributed by atoms with Crippen LogP contribution in [0.3, 0.4) is 0 Å². The van der Waals surface area contributed by atoms with Crippen LogP contribution < -0.4 is 25.5 Å². The van der Waals surface area contributed by atoms with Crippen molar-refractivity contribution in [2.45, 2.75) is 32.5 Å². The molecule has 188 valence electrons. The van der Waals surface area contributed by atoms with Gasteiger partial charge in [-0.05, 0) is 30.2 Å². The summed E-state index contributed by atoms with van der Waals surface area (Å²) in [5.41, 5.74) is 1.86. The zero-order chi connectivity index (χ0) is 25.8. The molecule has 0 radical (unpaired) electrons. The van der Waals surface area contributed by atoms with E-state index in [1.807, 2.05) is 47.9 Å². The fourth-order valence-corrected chi connectivity index (χ4v) is 4.31. The molecule has 0 fully saturated rings. The maximum Gasteiger partial charge on any atom is 0.257 e. The predicted octanol–water partition coefficient (Wildman–Crippen LogP) is 2.80. The van der Waals surface area contributed by atoms with E-state index in [1.165, 1.54) is 6.20 Å². The Morgan fingerprint density at radius 3 is 2.54 bits per heavy atom. The molecule has 0 aliphatic carbocycles. The number of aromatic nitrogens is 2. The van der Waals surface area contributed by atoms with Crippen molar-refractivity contribution < 1.29 is 19.1 Å². The fraction of sp³-hybridized carbons (Fsp3) is 0.214. The number of hydrogen-bond donors (Lipinski definition) is 2. The number of rotatable bonds is 8. The van der Waals surface area contributed by atoms with E-state index in [2.05, 4.69) is 15.6 Å². The first-order valence-corrected chi connectivity index (χ1v) is 12.0. The molecule has 1 aliphatic rings. The molecule has 3 heterocycles. The number of pyridine rings is 2. The molecule has 9 heteroatoms. The van der Waals surface area contributed by atoms with Crippen molar-refractivity contribution in [2.24, 2.45) is 0 Å². The molecule has 2 aromatic heterocycles. The second-order valence-corrected chi connectivity index (χ2v) is 8.68. The van der Waals surface area contributed by atoms with Gasteiger partial charge in [0.2, 0.25) is 18.1 Å². The summed E-state index contributed by atoms with van der Waals surface area (Å²) >= 11 is 0. The minimum atomic E-state index is -0.895. The van der Waals surface area contributed by atoms with Crippen LogP contribution in [0, 0.1) is 0 Å². The fourth-order valence-electron chi connectivity index (χ4n) is 4.31. The lowest BCUT2D eigenvalue weighted by molar-refractivity contribution is -0.123. The first-order valence-electron chi connectivity index (χ1n) is 12.0. The van der Waals surface area contributed by atoms with E-state index in [-0.39, 0.29) is 31.2 Å². The summed E-state index contributed by atoms with van der Waals surface area (Å²) in [5.74, 6) is 0.0336. The number of nitrogens with one attached hydrogen (secondary N) is 2. The zero-order valence-electron chi connectivity index (χ0n) is 20.3. The Bertz CT molecular complexity index is 1500. The molecule has 1 unspecified atom stereocenters. The van der Waals surface area contributed by atoms with Crippen LogP contribution in [0.1, 0.15) is 28.4 Å². The van der Waals surface area contributed by atoms with Crippen LogP contribution >= 0.6 is 0 Å². The summed E-state index contributed by atoms with van der Waals surface area (Å²) in [6.07, 6.45) is 5.11. The van der Waals surface area contributed by atoms with Gasteiger partial charge in [-0.1, -0.05) is 36.4 Å². The lowest BCUT2D eigenvalue weighted by Gasteiger charge is -2.19. The van der Waals surface area contributed by atoms with Gasteiger partial charge in [-0.2, -0.15) is 0 Å². The minimum absolute atomic E-state index is 0.0497. The summed E-state index contributed by atoms with van der Waals surface area (Å²) in [5, 5.41) is 6.00. The summed E-state index contributed by atoms with van der Waals surface area (Å²) in [6, 6.07) is 15.5. The summed E-state index contributed by atoms with van der Waals surface area (Å²) in [4.78, 5) is 44.0. The highest BCUT2D eigenvalue weighted by molar-refractivity contribution is 6.00. The Morgan fingerprint density at radius 1 is 1.05 bits per heavy atom. The second kappa shape index (κ2) is 10.5. The van der Waals surface area contributed by atoms with Gasteiger partial charge in [0, 0.05) is 44.2 Å². The highest BCUT2D eigenvalue weighted by Crippen LogP contribution is 2.35. The van der Waals surface area contributed by atoms with Gasteiger partial charge in [0.1, 0.15) is 11.6 Å². The minimum Gasteiger partial charge on any atom is -0.454 e. The number of ether oxygens (including phenoxy) is 2. The highest BCUT2D eigenvalue weighted by Gasteiger charge is 2.25. The third-order valence-corrected chi connectivity index (χ3v) is 6.25. The quantitative estimate of drug-likeness (QED) is 0.387. The van der Waals surface area contributed by atoms with Gasteiger partial charge in [-0.3, -0.25) is 19.4 Å². The number of amides is 2. The first kappa shape index (κ1) is 24.1. The summed E-state index contributed by atoms with van der Waals surface area (Å²) in [7, 11) is 0. The molecule has 2 amide bonds. The second-order valence-electron chi connectivity index (χ2n) is 8.68. The van der Waals surface area contributed by atoms with Gasteiger partial charge in [0.25, 0.3) is 5.91 Å². The number of carbonyl (C=O) groups is 2. The molecule has 5 rings (SSSR count). The third kappa shape index (κ3) is 5.16. The van der Waals surface area contributed by atoms with Gasteiger partial charge in [-0.25, -0.2) is 0 Å². The Kier molecular flexibility index (Phi) is 6.85. The third-order valence-electron chi connectivity index (χ3n) is 6.25. The molecule has 0 saturated carbocycles. The predicted molar refractivity (Wildman–Crippen MR) is 137 cm³/mol. The van der Waals surface area contributed by atoms with Crippen LogP contribution in [0.4, 0.5) is 0 Å². The molecule has 0 spiro atoms. The normalized spacial score (nSPS) is 12.8. The van der Waals surface area contributed by atoms with Gasteiger partial charge >= 0.3 is 0 Å². The van der Waals surface area contributed by atoms with Crippen molar-refractivity contribution in [3.05, 3.63) is 100 Å². The standard InChI is InChI=1S/C28H26N4O5/c1-2-32-16-21(26(33)20-12-24-25(13-23(20)32)37-17-36-24)27(34)31-22(11-18-7-4-3-5-8-18)28(35)30-15-19-9-6-10-29-14-19/h3-10,12-14,16,22H,2,11,15,17H2,1H3,(H,30,35)(H,31,34). The van der Waals surface area contributed by atoms with E-state index in [9.17, 15) is 14.4 Å². The molecule has 4 aromatic rings.